The fourth-order valence-corrected chi connectivity index (χ4v) is 6.45. The van der Waals surface area contributed by atoms with Crippen molar-refractivity contribution in [3.63, 3.8) is 0 Å². The molecule has 0 amide bonds. The molecule has 0 heterocycles. The van der Waals surface area contributed by atoms with Gasteiger partial charge in [0.05, 0.1) is 0 Å². The lowest BCUT2D eigenvalue weighted by atomic mass is 9.91. The average molecular weight is 608 g/mol. The van der Waals surface area contributed by atoms with E-state index < -0.39 is 0 Å². The Morgan fingerprint density at radius 1 is 0.578 bits per heavy atom. The molecule has 0 saturated carbocycles. The fourth-order valence-electron chi connectivity index (χ4n) is 6.45. The summed E-state index contributed by atoms with van der Waals surface area (Å²) in [6.07, 6.45) is 26.4. The molecule has 0 fully saturated rings. The van der Waals surface area contributed by atoms with Crippen molar-refractivity contribution in [2.45, 2.75) is 144 Å². The minimum Gasteiger partial charge on any atom is -0.0910 e. The number of aryl methyl sites for hydroxylation is 4. The third kappa shape index (κ3) is 13.1. The average Bonchev–Trinajstić information content (AvgIpc) is 3.06. The van der Waals surface area contributed by atoms with E-state index in [1.807, 2.05) is 0 Å². The lowest BCUT2D eigenvalue weighted by molar-refractivity contribution is -0.519. The Balaban J connectivity index is 1.82. The monoisotopic (exact) mass is 607 g/mol. The van der Waals surface area contributed by atoms with Crippen LogP contribution in [0.15, 0.2) is 72.0 Å². The molecule has 0 bridgehead atoms. The molecular formula is C43H63N2+. The molecule has 0 unspecified atom stereocenters. The van der Waals surface area contributed by atoms with Crippen molar-refractivity contribution >= 4 is 11.8 Å². The molecule has 3 rings (SSSR count). The molecule has 0 aromatic heterocycles. The van der Waals surface area contributed by atoms with Gasteiger partial charge >= 0.3 is 0 Å². The maximum absolute atomic E-state index is 5.12. The zero-order chi connectivity index (χ0) is 32.1. The minimum atomic E-state index is 0.835. The van der Waals surface area contributed by atoms with Crippen LogP contribution in [0.1, 0.15) is 145 Å². The van der Waals surface area contributed by atoms with Crippen molar-refractivity contribution in [3.8, 4) is 11.1 Å². The summed E-state index contributed by atoms with van der Waals surface area (Å²) in [7, 11) is 0. The van der Waals surface area contributed by atoms with Gasteiger partial charge < -0.3 is 0 Å². The van der Waals surface area contributed by atoms with Gasteiger partial charge in [-0.15, -0.1) is 0 Å². The van der Waals surface area contributed by atoms with Gasteiger partial charge in [0.1, 0.15) is 5.69 Å². The van der Waals surface area contributed by atoms with E-state index in [9.17, 15) is 0 Å². The summed E-state index contributed by atoms with van der Waals surface area (Å²) in [6.45, 7) is 12.2. The summed E-state index contributed by atoms with van der Waals surface area (Å²) in [5.41, 5.74) is 10.9. The van der Waals surface area contributed by atoms with E-state index in [1.54, 1.807) is 11.1 Å². The molecule has 244 valence electrons. The third-order valence-corrected chi connectivity index (χ3v) is 9.10. The summed E-state index contributed by atoms with van der Waals surface area (Å²) < 4.78 is 2.10. The Morgan fingerprint density at radius 3 is 1.80 bits per heavy atom. The van der Waals surface area contributed by atoms with Crippen molar-refractivity contribution in [2.24, 2.45) is 5.11 Å². The van der Waals surface area contributed by atoms with Gasteiger partial charge in [-0.3, -0.25) is 0 Å². The lowest BCUT2D eigenvalue weighted by Gasteiger charge is -2.14. The van der Waals surface area contributed by atoms with Crippen LogP contribution in [0.3, 0.4) is 0 Å². The number of nitrogens with zero attached hydrogens (tertiary/aromatic N) is 2. The minimum absolute atomic E-state index is 0.835. The van der Waals surface area contributed by atoms with Crippen LogP contribution in [-0.4, -0.2) is 11.2 Å². The van der Waals surface area contributed by atoms with Gasteiger partial charge in [0.15, 0.2) is 12.7 Å². The lowest BCUT2D eigenvalue weighted by Crippen LogP contribution is -2.00. The molecule has 0 aliphatic rings. The van der Waals surface area contributed by atoms with Crippen LogP contribution in [-0.2, 0) is 19.3 Å². The summed E-state index contributed by atoms with van der Waals surface area (Å²) in [4.78, 5) is 0. The van der Waals surface area contributed by atoms with Gasteiger partial charge in [-0.1, -0.05) is 145 Å². The van der Waals surface area contributed by atoms with Crippen molar-refractivity contribution in [1.29, 1.82) is 0 Å². The molecule has 2 heteroatoms. The first-order chi connectivity index (χ1) is 22.1. The van der Waals surface area contributed by atoms with E-state index in [-0.39, 0.29) is 0 Å². The quantitative estimate of drug-likeness (QED) is 0.0613. The molecular weight excluding hydrogens is 544 g/mol. The highest BCUT2D eigenvalue weighted by Gasteiger charge is 2.13. The third-order valence-electron chi connectivity index (χ3n) is 9.10. The fraction of sp³-hybridized carbons (Fsp3) is 0.535. The number of hydrogen-bond donors (Lipinski definition) is 0. The van der Waals surface area contributed by atoms with Crippen LogP contribution in [0.25, 0.3) is 17.2 Å². The van der Waals surface area contributed by atoms with E-state index >= 15 is 0 Å². The standard InChI is InChI=1S/C43H63N2/c1-6-10-13-16-17-21-27-40-34-37(29-30-38(40)24-19-14-11-7-2)31-32-45(9-4)44-42-33-36(5)43(39-25-22-18-23-26-39)41(35-42)28-20-15-12-8-3/h18,22-23,25-26,29-35H,6-17,19-21,24,27-28H2,1-5H3/q+1. The van der Waals surface area contributed by atoms with E-state index in [0.717, 1.165) is 18.7 Å². The predicted octanol–water partition coefficient (Wildman–Crippen LogP) is 13.6. The van der Waals surface area contributed by atoms with Crippen LogP contribution in [0.5, 0.6) is 0 Å². The molecule has 3 aromatic rings. The topological polar surface area (TPSA) is 15.4 Å². The smallest absolute Gasteiger partial charge is 0.0910 e. The highest BCUT2D eigenvalue weighted by atomic mass is 15.2. The highest BCUT2D eigenvalue weighted by molar-refractivity contribution is 5.73. The molecule has 3 aromatic carbocycles. The van der Waals surface area contributed by atoms with Gasteiger partial charge in [0.25, 0.3) is 0 Å². The Morgan fingerprint density at radius 2 is 1.16 bits per heavy atom. The number of benzene rings is 3. The van der Waals surface area contributed by atoms with E-state index in [0.29, 0.717) is 0 Å². The van der Waals surface area contributed by atoms with Gasteiger partial charge in [-0.25, -0.2) is 0 Å². The van der Waals surface area contributed by atoms with E-state index in [4.69, 9.17) is 5.11 Å². The number of hydrogen-bond acceptors (Lipinski definition) is 1. The van der Waals surface area contributed by atoms with Crippen molar-refractivity contribution in [1.82, 2.24) is 0 Å². The van der Waals surface area contributed by atoms with Crippen LogP contribution in [0.4, 0.5) is 5.69 Å². The Hall–Kier alpha value is -3.00. The van der Waals surface area contributed by atoms with Crippen LogP contribution in [0.2, 0.25) is 0 Å². The van der Waals surface area contributed by atoms with Crippen molar-refractivity contribution < 1.29 is 4.70 Å². The van der Waals surface area contributed by atoms with Crippen LogP contribution >= 0.6 is 0 Å². The SMILES string of the molecule is CCCCCCCCc1cc(C=C[N+](CC)=Nc2cc(C)c(-c3ccccc3)c(CCCCCC)c2)ccc1CCCCCC. The zero-order valence-electron chi connectivity index (χ0n) is 29.6. The normalized spacial score (nSPS) is 12.0. The highest BCUT2D eigenvalue weighted by Crippen LogP contribution is 2.33. The summed E-state index contributed by atoms with van der Waals surface area (Å²) in [5, 5.41) is 5.12. The first kappa shape index (κ1) is 36.5. The molecule has 45 heavy (non-hydrogen) atoms. The van der Waals surface area contributed by atoms with Crippen molar-refractivity contribution in [3.05, 3.63) is 94.7 Å². The number of rotatable bonds is 22. The Bertz CT molecular complexity index is 1300. The van der Waals surface area contributed by atoms with E-state index in [2.05, 4.69) is 112 Å². The van der Waals surface area contributed by atoms with Crippen LogP contribution in [0, 0.1) is 6.92 Å². The van der Waals surface area contributed by atoms with Crippen molar-refractivity contribution in [2.75, 3.05) is 6.54 Å². The molecule has 0 aliphatic heterocycles. The maximum Gasteiger partial charge on any atom is 0.196 e. The van der Waals surface area contributed by atoms with Gasteiger partial charge in [0.2, 0.25) is 0 Å². The molecule has 2 nitrogen and oxygen atoms in total. The Kier molecular flexibility index (Phi) is 17.6. The number of unbranched alkanes of at least 4 members (excludes halogenated alkanes) is 11. The van der Waals surface area contributed by atoms with Gasteiger partial charge in [-0.05, 0) is 109 Å². The van der Waals surface area contributed by atoms with Crippen LogP contribution < -0.4 is 0 Å². The molecule has 0 aliphatic carbocycles. The predicted molar refractivity (Wildman–Crippen MR) is 198 cm³/mol. The molecule has 0 radical (unpaired) electrons. The van der Waals surface area contributed by atoms with Gasteiger partial charge in [0, 0.05) is 6.08 Å². The first-order valence-corrected chi connectivity index (χ1v) is 18.6. The first-order valence-electron chi connectivity index (χ1n) is 18.6. The maximum atomic E-state index is 5.12. The van der Waals surface area contributed by atoms with Gasteiger partial charge in [-0.2, -0.15) is 0 Å². The Labute approximate surface area is 277 Å². The molecule has 0 spiro atoms. The summed E-state index contributed by atoms with van der Waals surface area (Å²) in [6, 6.07) is 22.7. The summed E-state index contributed by atoms with van der Waals surface area (Å²) in [5.74, 6) is 0. The molecule has 0 N–H and O–H groups in total. The number of azo groups is 2. The largest absolute Gasteiger partial charge is 0.196 e. The zero-order valence-corrected chi connectivity index (χ0v) is 29.6. The second-order valence-electron chi connectivity index (χ2n) is 13.0. The molecule has 0 atom stereocenters. The van der Waals surface area contributed by atoms with E-state index in [1.165, 1.54) is 131 Å². The second kappa shape index (κ2) is 21.7. The second-order valence-corrected chi connectivity index (χ2v) is 13.0. The molecule has 0 saturated heterocycles. The summed E-state index contributed by atoms with van der Waals surface area (Å²) >= 11 is 0.